The third-order valence-corrected chi connectivity index (χ3v) is 5.86. The SMILES string of the molecule is CNC(=O)c1cc(Nc2ncc3c(n2)N(C(C)C)CC(=O)N3C)cc(S(C)(=O)=O)c1. The number of anilines is 4. The molecule has 30 heavy (non-hydrogen) atoms. The lowest BCUT2D eigenvalue weighted by Crippen LogP contribution is -2.47. The molecule has 160 valence electrons. The van der Waals surface area contributed by atoms with Gasteiger partial charge in [0, 0.05) is 37.6 Å². The van der Waals surface area contributed by atoms with Gasteiger partial charge in [-0.2, -0.15) is 4.98 Å². The molecule has 0 saturated heterocycles. The second-order valence-corrected chi connectivity index (χ2v) is 9.31. The van der Waals surface area contributed by atoms with Crippen LogP contribution >= 0.6 is 0 Å². The number of hydrogen-bond acceptors (Lipinski definition) is 8. The summed E-state index contributed by atoms with van der Waals surface area (Å²) >= 11 is 0. The molecular formula is C19H24N6O4S. The van der Waals surface area contributed by atoms with Crippen LogP contribution in [0.15, 0.2) is 29.3 Å². The summed E-state index contributed by atoms with van der Waals surface area (Å²) in [6, 6.07) is 4.29. The van der Waals surface area contributed by atoms with Crippen LogP contribution in [0.3, 0.4) is 0 Å². The van der Waals surface area contributed by atoms with Gasteiger partial charge in [0.1, 0.15) is 5.69 Å². The first-order chi connectivity index (χ1) is 14.0. The van der Waals surface area contributed by atoms with Gasteiger partial charge in [0.25, 0.3) is 5.91 Å². The Kier molecular flexibility index (Phi) is 5.66. The lowest BCUT2D eigenvalue weighted by atomic mass is 10.2. The molecule has 10 nitrogen and oxygen atoms in total. The van der Waals surface area contributed by atoms with Gasteiger partial charge >= 0.3 is 0 Å². The van der Waals surface area contributed by atoms with Crippen LogP contribution in [0.2, 0.25) is 0 Å². The average Bonchev–Trinajstić information content (AvgIpc) is 2.68. The molecule has 3 rings (SSSR count). The Balaban J connectivity index is 2.04. The van der Waals surface area contributed by atoms with Crippen molar-refractivity contribution in [3.05, 3.63) is 30.0 Å². The third-order valence-electron chi connectivity index (χ3n) is 4.77. The summed E-state index contributed by atoms with van der Waals surface area (Å²) in [7, 11) is -0.410. The van der Waals surface area contributed by atoms with Crippen LogP contribution in [0.1, 0.15) is 24.2 Å². The maximum Gasteiger partial charge on any atom is 0.251 e. The number of likely N-dealkylation sites (N-methyl/N-ethyl adjacent to an activating group) is 1. The average molecular weight is 433 g/mol. The smallest absolute Gasteiger partial charge is 0.251 e. The van der Waals surface area contributed by atoms with Crippen LogP contribution in [-0.4, -0.2) is 63.1 Å². The van der Waals surface area contributed by atoms with E-state index in [9.17, 15) is 18.0 Å². The van der Waals surface area contributed by atoms with Gasteiger partial charge in [-0.25, -0.2) is 13.4 Å². The fourth-order valence-electron chi connectivity index (χ4n) is 3.05. The quantitative estimate of drug-likeness (QED) is 0.722. The molecule has 0 saturated carbocycles. The first kappa shape index (κ1) is 21.5. The van der Waals surface area contributed by atoms with Crippen molar-refractivity contribution >= 4 is 44.8 Å². The van der Waals surface area contributed by atoms with Gasteiger partial charge in [-0.1, -0.05) is 0 Å². The monoisotopic (exact) mass is 432 g/mol. The summed E-state index contributed by atoms with van der Waals surface area (Å²) in [5.41, 5.74) is 1.13. The van der Waals surface area contributed by atoms with Crippen LogP contribution in [0.4, 0.5) is 23.1 Å². The molecule has 0 spiro atoms. The Morgan fingerprint density at radius 1 is 1.23 bits per heavy atom. The molecule has 0 bridgehead atoms. The summed E-state index contributed by atoms with van der Waals surface area (Å²) in [5, 5.41) is 5.46. The number of rotatable bonds is 5. The highest BCUT2D eigenvalue weighted by atomic mass is 32.2. The highest BCUT2D eigenvalue weighted by molar-refractivity contribution is 7.90. The van der Waals surface area contributed by atoms with E-state index >= 15 is 0 Å². The molecule has 0 unspecified atom stereocenters. The lowest BCUT2D eigenvalue weighted by Gasteiger charge is -2.36. The largest absolute Gasteiger partial charge is 0.355 e. The predicted molar refractivity (Wildman–Crippen MR) is 114 cm³/mol. The third kappa shape index (κ3) is 4.20. The zero-order valence-electron chi connectivity index (χ0n) is 17.4. The van der Waals surface area contributed by atoms with Crippen molar-refractivity contribution in [3.63, 3.8) is 0 Å². The summed E-state index contributed by atoms with van der Waals surface area (Å²) < 4.78 is 24.1. The molecule has 1 aliphatic heterocycles. The van der Waals surface area contributed by atoms with Crippen molar-refractivity contribution in [1.29, 1.82) is 0 Å². The standard InChI is InChI=1S/C19H24N6O4S/c1-11(2)25-10-16(26)24(4)15-9-21-19(23-17(15)25)22-13-6-12(18(27)20-3)7-14(8-13)30(5,28)29/h6-9,11H,10H2,1-5H3,(H,20,27)(H,21,22,23). The highest BCUT2D eigenvalue weighted by Gasteiger charge is 2.30. The summed E-state index contributed by atoms with van der Waals surface area (Å²) in [5.74, 6) is 0.337. The van der Waals surface area contributed by atoms with E-state index in [0.29, 0.717) is 17.2 Å². The first-order valence-corrected chi connectivity index (χ1v) is 11.1. The molecule has 1 aromatic carbocycles. The second kappa shape index (κ2) is 7.90. The molecule has 1 aromatic heterocycles. The number of sulfone groups is 1. The van der Waals surface area contributed by atoms with Crippen LogP contribution in [-0.2, 0) is 14.6 Å². The van der Waals surface area contributed by atoms with Crippen molar-refractivity contribution in [1.82, 2.24) is 15.3 Å². The minimum atomic E-state index is -3.54. The number of aromatic nitrogens is 2. The van der Waals surface area contributed by atoms with E-state index in [1.54, 1.807) is 7.05 Å². The molecule has 2 heterocycles. The molecule has 2 aromatic rings. The molecule has 0 fully saturated rings. The molecule has 0 aliphatic carbocycles. The van der Waals surface area contributed by atoms with E-state index in [4.69, 9.17) is 0 Å². The molecule has 2 N–H and O–H groups in total. The molecule has 11 heteroatoms. The van der Waals surface area contributed by atoms with Gasteiger partial charge in [-0.3, -0.25) is 9.59 Å². The van der Waals surface area contributed by atoms with Crippen molar-refractivity contribution in [3.8, 4) is 0 Å². The number of carbonyl (C=O) groups is 2. The number of fused-ring (bicyclic) bond motifs is 1. The number of amides is 2. The minimum Gasteiger partial charge on any atom is -0.355 e. The van der Waals surface area contributed by atoms with Crippen LogP contribution in [0, 0.1) is 0 Å². The van der Waals surface area contributed by atoms with E-state index in [1.165, 1.54) is 36.3 Å². The minimum absolute atomic E-state index is 0.00167. The molecule has 1 aliphatic rings. The lowest BCUT2D eigenvalue weighted by molar-refractivity contribution is -0.117. The molecule has 0 atom stereocenters. The van der Waals surface area contributed by atoms with Gasteiger partial charge in [-0.15, -0.1) is 0 Å². The normalized spacial score (nSPS) is 14.0. The van der Waals surface area contributed by atoms with Gasteiger partial charge in [0.15, 0.2) is 15.7 Å². The topological polar surface area (TPSA) is 125 Å². The molecule has 2 amide bonds. The van der Waals surface area contributed by atoms with E-state index < -0.39 is 15.7 Å². The molecular weight excluding hydrogens is 408 g/mol. The zero-order chi connectivity index (χ0) is 22.2. The Morgan fingerprint density at radius 3 is 2.53 bits per heavy atom. The Labute approximate surface area is 175 Å². The predicted octanol–water partition coefficient (Wildman–Crippen LogP) is 1.17. The van der Waals surface area contributed by atoms with Crippen molar-refractivity contribution in [2.45, 2.75) is 24.8 Å². The molecule has 0 radical (unpaired) electrons. The fourth-order valence-corrected chi connectivity index (χ4v) is 3.73. The Bertz CT molecular complexity index is 1120. The number of nitrogens with zero attached hydrogens (tertiary/aromatic N) is 4. The fraction of sp³-hybridized carbons (Fsp3) is 0.368. The van der Waals surface area contributed by atoms with E-state index in [2.05, 4.69) is 20.6 Å². The van der Waals surface area contributed by atoms with Gasteiger partial charge in [0.2, 0.25) is 11.9 Å². The second-order valence-electron chi connectivity index (χ2n) is 7.30. The maximum absolute atomic E-state index is 12.2. The van der Waals surface area contributed by atoms with Crippen LogP contribution < -0.4 is 20.4 Å². The highest BCUT2D eigenvalue weighted by Crippen LogP contribution is 2.33. The van der Waals surface area contributed by atoms with Crippen molar-refractivity contribution < 1.29 is 18.0 Å². The summed E-state index contributed by atoms with van der Waals surface area (Å²) in [6.07, 6.45) is 2.61. The van der Waals surface area contributed by atoms with Crippen molar-refractivity contribution in [2.24, 2.45) is 0 Å². The first-order valence-electron chi connectivity index (χ1n) is 9.25. The Morgan fingerprint density at radius 2 is 1.93 bits per heavy atom. The summed E-state index contributed by atoms with van der Waals surface area (Å²) in [6.45, 7) is 4.12. The summed E-state index contributed by atoms with van der Waals surface area (Å²) in [4.78, 5) is 36.5. The van der Waals surface area contributed by atoms with Crippen LogP contribution in [0.25, 0.3) is 0 Å². The number of hydrogen-bond donors (Lipinski definition) is 2. The maximum atomic E-state index is 12.2. The van der Waals surface area contributed by atoms with Gasteiger partial charge in [0.05, 0.1) is 17.6 Å². The zero-order valence-corrected chi connectivity index (χ0v) is 18.2. The van der Waals surface area contributed by atoms with Crippen molar-refractivity contribution in [2.75, 3.05) is 42.0 Å². The van der Waals surface area contributed by atoms with Crippen LogP contribution in [0.5, 0.6) is 0 Å². The van der Waals surface area contributed by atoms with E-state index in [0.717, 1.165) is 6.26 Å². The van der Waals surface area contributed by atoms with Gasteiger partial charge in [-0.05, 0) is 32.0 Å². The number of nitrogens with one attached hydrogen (secondary N) is 2. The van der Waals surface area contributed by atoms with E-state index in [1.807, 2.05) is 18.7 Å². The Hall–Kier alpha value is -3.21. The van der Waals surface area contributed by atoms with Gasteiger partial charge < -0.3 is 20.4 Å². The number of carbonyl (C=O) groups excluding carboxylic acids is 2. The van der Waals surface area contributed by atoms with E-state index in [-0.39, 0.29) is 34.9 Å². The number of benzene rings is 1.